The first kappa shape index (κ1) is 20.7. The Kier molecular flexibility index (Phi) is 8.55. The van der Waals surface area contributed by atoms with Gasteiger partial charge in [-0.2, -0.15) is 0 Å². The summed E-state index contributed by atoms with van der Waals surface area (Å²) in [6, 6.07) is 8.76. The fraction of sp³-hybridized carbons (Fsp3) is 0.476. The fourth-order valence-electron chi connectivity index (χ4n) is 2.84. The van der Waals surface area contributed by atoms with E-state index in [0.717, 1.165) is 24.2 Å². The van der Waals surface area contributed by atoms with Gasteiger partial charge in [-0.3, -0.25) is 9.59 Å². The molecule has 0 bridgehead atoms. The Hall–Kier alpha value is -2.63. The summed E-state index contributed by atoms with van der Waals surface area (Å²) in [6.07, 6.45) is 7.42. The van der Waals surface area contributed by atoms with Crippen LogP contribution in [0.5, 0.6) is 5.75 Å². The number of ether oxygens (including phenoxy) is 1. The van der Waals surface area contributed by atoms with Crippen LogP contribution in [0.1, 0.15) is 67.3 Å². The number of hydrogen-bond acceptors (Lipinski definition) is 4. The zero-order valence-electron chi connectivity index (χ0n) is 16.2. The number of rotatable bonds is 11. The Balaban J connectivity index is 1.89. The van der Waals surface area contributed by atoms with Crippen molar-refractivity contribution >= 4 is 5.91 Å². The normalized spacial score (nSPS) is 10.6. The number of aromatic amines is 1. The molecule has 27 heavy (non-hydrogen) atoms. The Morgan fingerprint density at radius 3 is 2.52 bits per heavy atom. The molecule has 2 aromatic rings. The van der Waals surface area contributed by atoms with Gasteiger partial charge in [-0.05, 0) is 24.1 Å². The summed E-state index contributed by atoms with van der Waals surface area (Å²) < 4.78 is 5.14. The van der Waals surface area contributed by atoms with Crippen molar-refractivity contribution in [2.24, 2.45) is 0 Å². The van der Waals surface area contributed by atoms with E-state index in [0.29, 0.717) is 18.8 Å². The van der Waals surface area contributed by atoms with E-state index >= 15 is 0 Å². The first-order chi connectivity index (χ1) is 13.1. The zero-order valence-corrected chi connectivity index (χ0v) is 16.2. The number of aromatic nitrogens is 2. The summed E-state index contributed by atoms with van der Waals surface area (Å²) in [5.41, 5.74) is 0.815. The molecule has 0 aliphatic rings. The SMILES string of the molecule is CCCCCCCCNC(=O)c1cc(=O)[nH]c(Cc2ccc(OC)cc2)n1. The van der Waals surface area contributed by atoms with Crippen LogP contribution in [0.15, 0.2) is 35.1 Å². The van der Waals surface area contributed by atoms with Crippen molar-refractivity contribution in [2.75, 3.05) is 13.7 Å². The standard InChI is InChI=1S/C21H29N3O3/c1-3-4-5-6-7-8-13-22-21(26)18-15-20(25)24-19(23-18)14-16-9-11-17(27-2)12-10-16/h9-12,15H,3-8,13-14H2,1-2H3,(H,22,26)(H,23,24,25). The molecule has 0 fully saturated rings. The van der Waals surface area contributed by atoms with Gasteiger partial charge in [0.25, 0.3) is 11.5 Å². The summed E-state index contributed by atoms with van der Waals surface area (Å²) in [7, 11) is 1.61. The van der Waals surface area contributed by atoms with Crippen LogP contribution in [0.3, 0.4) is 0 Å². The molecule has 0 aliphatic heterocycles. The number of benzene rings is 1. The van der Waals surface area contributed by atoms with Gasteiger partial charge >= 0.3 is 0 Å². The molecule has 1 amide bonds. The van der Waals surface area contributed by atoms with Gasteiger partial charge in [0.2, 0.25) is 0 Å². The molecule has 0 atom stereocenters. The van der Waals surface area contributed by atoms with Gasteiger partial charge in [0.15, 0.2) is 0 Å². The molecule has 146 valence electrons. The van der Waals surface area contributed by atoms with Crippen LogP contribution in [-0.2, 0) is 6.42 Å². The van der Waals surface area contributed by atoms with Crippen molar-refractivity contribution in [3.05, 3.63) is 57.8 Å². The van der Waals surface area contributed by atoms with Gasteiger partial charge in [0.1, 0.15) is 17.3 Å². The Morgan fingerprint density at radius 1 is 1.11 bits per heavy atom. The molecule has 1 heterocycles. The predicted molar refractivity (Wildman–Crippen MR) is 106 cm³/mol. The topological polar surface area (TPSA) is 84.1 Å². The third kappa shape index (κ3) is 7.25. The molecule has 2 N–H and O–H groups in total. The molecule has 0 radical (unpaired) electrons. The van der Waals surface area contributed by atoms with Crippen LogP contribution in [0, 0.1) is 0 Å². The second-order valence-electron chi connectivity index (χ2n) is 6.63. The third-order valence-electron chi connectivity index (χ3n) is 4.37. The van der Waals surface area contributed by atoms with Crippen LogP contribution in [0.2, 0.25) is 0 Å². The van der Waals surface area contributed by atoms with Gasteiger partial charge < -0.3 is 15.0 Å². The first-order valence-electron chi connectivity index (χ1n) is 9.63. The highest BCUT2D eigenvalue weighted by atomic mass is 16.5. The van der Waals surface area contributed by atoms with Crippen molar-refractivity contribution in [1.29, 1.82) is 0 Å². The minimum Gasteiger partial charge on any atom is -0.497 e. The predicted octanol–water partition coefficient (Wildman–Crippen LogP) is 3.46. The average molecular weight is 371 g/mol. The minimum atomic E-state index is -0.321. The molecular weight excluding hydrogens is 342 g/mol. The molecule has 1 aromatic heterocycles. The first-order valence-corrected chi connectivity index (χ1v) is 9.63. The average Bonchev–Trinajstić information content (AvgIpc) is 2.67. The number of unbranched alkanes of at least 4 members (excludes halogenated alkanes) is 5. The lowest BCUT2D eigenvalue weighted by atomic mass is 10.1. The van der Waals surface area contributed by atoms with Crippen LogP contribution in [-0.4, -0.2) is 29.5 Å². The van der Waals surface area contributed by atoms with Crippen molar-refractivity contribution in [2.45, 2.75) is 51.9 Å². The van der Waals surface area contributed by atoms with E-state index in [1.54, 1.807) is 7.11 Å². The van der Waals surface area contributed by atoms with Crippen molar-refractivity contribution < 1.29 is 9.53 Å². The number of hydrogen-bond donors (Lipinski definition) is 2. The summed E-state index contributed by atoms with van der Waals surface area (Å²) in [4.78, 5) is 31.2. The van der Waals surface area contributed by atoms with E-state index in [1.165, 1.54) is 31.7 Å². The smallest absolute Gasteiger partial charge is 0.270 e. The Labute approximate surface area is 160 Å². The maximum absolute atomic E-state index is 12.3. The number of amides is 1. The molecule has 0 spiro atoms. The third-order valence-corrected chi connectivity index (χ3v) is 4.37. The lowest BCUT2D eigenvalue weighted by molar-refractivity contribution is 0.0947. The minimum absolute atomic E-state index is 0.160. The molecule has 1 aromatic carbocycles. The molecular formula is C21H29N3O3. The number of carbonyl (C=O) groups excluding carboxylic acids is 1. The van der Waals surface area contributed by atoms with E-state index in [4.69, 9.17) is 4.74 Å². The largest absolute Gasteiger partial charge is 0.497 e. The highest BCUT2D eigenvalue weighted by molar-refractivity contribution is 5.92. The zero-order chi connectivity index (χ0) is 19.5. The summed E-state index contributed by atoms with van der Waals surface area (Å²) >= 11 is 0. The van der Waals surface area contributed by atoms with Crippen LogP contribution in [0.4, 0.5) is 0 Å². The number of carbonyl (C=O) groups is 1. The van der Waals surface area contributed by atoms with Crippen molar-refractivity contribution in [1.82, 2.24) is 15.3 Å². The van der Waals surface area contributed by atoms with E-state index in [2.05, 4.69) is 22.2 Å². The van der Waals surface area contributed by atoms with Crippen molar-refractivity contribution in [3.63, 3.8) is 0 Å². The second kappa shape index (κ2) is 11.2. The lowest BCUT2D eigenvalue weighted by Gasteiger charge is -2.07. The van der Waals surface area contributed by atoms with Crippen LogP contribution >= 0.6 is 0 Å². The van der Waals surface area contributed by atoms with E-state index in [-0.39, 0.29) is 17.2 Å². The number of nitrogens with zero attached hydrogens (tertiary/aromatic N) is 1. The number of methoxy groups -OCH3 is 1. The van der Waals surface area contributed by atoms with E-state index < -0.39 is 0 Å². The quantitative estimate of drug-likeness (QED) is 0.593. The lowest BCUT2D eigenvalue weighted by Crippen LogP contribution is -2.28. The van der Waals surface area contributed by atoms with Gasteiger partial charge in [-0.25, -0.2) is 4.98 Å². The monoisotopic (exact) mass is 371 g/mol. The van der Waals surface area contributed by atoms with Gasteiger partial charge in [-0.15, -0.1) is 0 Å². The highest BCUT2D eigenvalue weighted by Gasteiger charge is 2.10. The fourth-order valence-corrected chi connectivity index (χ4v) is 2.84. The van der Waals surface area contributed by atoms with E-state index in [9.17, 15) is 9.59 Å². The second-order valence-corrected chi connectivity index (χ2v) is 6.63. The number of nitrogens with one attached hydrogen (secondary N) is 2. The molecule has 0 saturated heterocycles. The Bertz CT molecular complexity index is 769. The van der Waals surface area contributed by atoms with Crippen molar-refractivity contribution in [3.8, 4) is 5.75 Å². The van der Waals surface area contributed by atoms with Gasteiger partial charge in [-0.1, -0.05) is 51.2 Å². The molecule has 6 heteroatoms. The molecule has 2 rings (SSSR count). The van der Waals surface area contributed by atoms with Gasteiger partial charge in [0.05, 0.1) is 7.11 Å². The molecule has 0 unspecified atom stereocenters. The summed E-state index contributed by atoms with van der Waals surface area (Å²) in [6.45, 7) is 2.80. The molecule has 0 saturated carbocycles. The summed E-state index contributed by atoms with van der Waals surface area (Å²) in [5, 5.41) is 2.85. The van der Waals surface area contributed by atoms with Gasteiger partial charge in [0, 0.05) is 19.0 Å². The highest BCUT2D eigenvalue weighted by Crippen LogP contribution is 2.13. The van der Waals surface area contributed by atoms with Crippen LogP contribution in [0.25, 0.3) is 0 Å². The maximum Gasteiger partial charge on any atom is 0.270 e. The maximum atomic E-state index is 12.3. The van der Waals surface area contributed by atoms with Crippen LogP contribution < -0.4 is 15.6 Å². The molecule has 0 aliphatic carbocycles. The molecule has 6 nitrogen and oxygen atoms in total. The van der Waals surface area contributed by atoms with E-state index in [1.807, 2.05) is 24.3 Å². The number of H-pyrrole nitrogens is 1. The summed E-state index contributed by atoms with van der Waals surface area (Å²) in [5.74, 6) is 0.936. The Morgan fingerprint density at radius 2 is 1.81 bits per heavy atom.